The number of benzene rings is 1. The number of aromatic nitrogens is 1. The largest absolute Gasteiger partial charge is 0.479 e. The van der Waals surface area contributed by atoms with Crippen LogP contribution in [0, 0.1) is 0 Å². The highest BCUT2D eigenvalue weighted by Gasteiger charge is 2.31. The van der Waals surface area contributed by atoms with E-state index < -0.39 is 35.9 Å². The van der Waals surface area contributed by atoms with Crippen LogP contribution in [0.2, 0.25) is 0 Å². The molecule has 0 aliphatic rings. The molecule has 0 aliphatic heterocycles. The maximum absolute atomic E-state index is 12.6. The molecule has 1 aromatic heterocycles. The van der Waals surface area contributed by atoms with E-state index in [2.05, 4.69) is 4.98 Å². The summed E-state index contributed by atoms with van der Waals surface area (Å²) < 4.78 is 53.7. The number of hydrogen-bond acceptors (Lipinski definition) is 7. The molecular weight excluding hydrogens is 445 g/mol. The zero-order valence-electron chi connectivity index (χ0n) is 18.6. The van der Waals surface area contributed by atoms with E-state index in [0.717, 1.165) is 17.2 Å². The number of pyridine rings is 1. The molecular formula is C22H25F3N2O6. The van der Waals surface area contributed by atoms with E-state index in [4.69, 9.17) is 19.0 Å². The number of nitrogens with zero attached hydrogens (tertiary/aromatic N) is 2. The van der Waals surface area contributed by atoms with Gasteiger partial charge in [-0.3, -0.25) is 0 Å². The van der Waals surface area contributed by atoms with Gasteiger partial charge in [0, 0.05) is 12.3 Å². The second kappa shape index (κ2) is 11.4. The van der Waals surface area contributed by atoms with E-state index in [1.165, 1.54) is 31.2 Å². The van der Waals surface area contributed by atoms with E-state index in [9.17, 15) is 22.8 Å². The van der Waals surface area contributed by atoms with Crippen LogP contribution in [0.4, 0.5) is 18.0 Å². The molecule has 0 N–H and O–H groups in total. The van der Waals surface area contributed by atoms with Crippen molar-refractivity contribution in [3.8, 4) is 17.4 Å². The van der Waals surface area contributed by atoms with Gasteiger partial charge < -0.3 is 19.0 Å². The Morgan fingerprint density at radius 1 is 1.03 bits per heavy atom. The Bertz CT molecular complexity index is 919. The van der Waals surface area contributed by atoms with Crippen molar-refractivity contribution in [1.29, 1.82) is 0 Å². The molecule has 2 rings (SSSR count). The number of alkyl halides is 3. The van der Waals surface area contributed by atoms with Crippen molar-refractivity contribution in [1.82, 2.24) is 10.0 Å². The van der Waals surface area contributed by atoms with Crippen molar-refractivity contribution in [3.63, 3.8) is 0 Å². The summed E-state index contributed by atoms with van der Waals surface area (Å²) in [6, 6.07) is 7.58. The van der Waals surface area contributed by atoms with Gasteiger partial charge >= 0.3 is 18.2 Å². The van der Waals surface area contributed by atoms with Crippen molar-refractivity contribution >= 4 is 12.1 Å². The van der Waals surface area contributed by atoms with Gasteiger partial charge in [-0.15, -0.1) is 5.06 Å². The van der Waals surface area contributed by atoms with Crippen molar-refractivity contribution < 1.29 is 41.8 Å². The fraction of sp³-hybridized carbons (Fsp3) is 0.409. The van der Waals surface area contributed by atoms with Gasteiger partial charge in [-0.05, 0) is 57.5 Å². The number of halogens is 3. The average molecular weight is 470 g/mol. The molecule has 0 radical (unpaired) electrons. The van der Waals surface area contributed by atoms with Gasteiger partial charge in [0.15, 0.2) is 6.10 Å². The Labute approximate surface area is 189 Å². The molecule has 0 spiro atoms. The van der Waals surface area contributed by atoms with Gasteiger partial charge in [-0.1, -0.05) is 6.92 Å². The fourth-order valence-electron chi connectivity index (χ4n) is 2.40. The molecule has 0 saturated carbocycles. The first-order chi connectivity index (χ1) is 15.5. The predicted molar refractivity (Wildman–Crippen MR) is 111 cm³/mol. The summed E-state index contributed by atoms with van der Waals surface area (Å²) in [7, 11) is 0. The highest BCUT2D eigenvalue weighted by molar-refractivity contribution is 5.77. The standard InChI is InChI=1S/C22H25F3N2O6/c1-5-14(3)27(21(29)30-6-2)33-20(28)15(4)31-17-8-10-18(11-9-17)32-19-12-7-16(13-26-19)22(23,24)25/h7-15H,5-6H2,1-4H3. The zero-order valence-corrected chi connectivity index (χ0v) is 18.6. The Balaban J connectivity index is 1.96. The molecule has 0 bridgehead atoms. The number of carbonyl (C=O) groups excluding carboxylic acids is 2. The zero-order chi connectivity index (χ0) is 24.6. The Morgan fingerprint density at radius 2 is 1.67 bits per heavy atom. The third-order valence-electron chi connectivity index (χ3n) is 4.38. The van der Waals surface area contributed by atoms with Gasteiger partial charge in [0.05, 0.1) is 18.2 Å². The quantitative estimate of drug-likeness (QED) is 0.479. The van der Waals surface area contributed by atoms with Gasteiger partial charge in [-0.2, -0.15) is 13.2 Å². The monoisotopic (exact) mass is 470 g/mol. The highest BCUT2D eigenvalue weighted by atomic mass is 19.4. The first-order valence-electron chi connectivity index (χ1n) is 10.2. The van der Waals surface area contributed by atoms with Gasteiger partial charge in [-0.25, -0.2) is 14.6 Å². The average Bonchev–Trinajstić information content (AvgIpc) is 2.78. The van der Waals surface area contributed by atoms with Crippen molar-refractivity contribution in [2.24, 2.45) is 0 Å². The molecule has 0 saturated heterocycles. The number of carbonyl (C=O) groups is 2. The third kappa shape index (κ3) is 7.55. The summed E-state index contributed by atoms with van der Waals surface area (Å²) in [5.41, 5.74) is -0.880. The number of amides is 1. The molecule has 1 heterocycles. The SMILES string of the molecule is CCOC(=O)N(OC(=O)C(C)Oc1ccc(Oc2ccc(C(F)(F)F)cn2)cc1)C(C)CC. The van der Waals surface area contributed by atoms with Gasteiger partial charge in [0.25, 0.3) is 0 Å². The Hall–Kier alpha value is -3.50. The summed E-state index contributed by atoms with van der Waals surface area (Å²) in [6.45, 7) is 6.76. The van der Waals surface area contributed by atoms with E-state index in [1.807, 2.05) is 6.92 Å². The molecule has 1 aromatic carbocycles. The van der Waals surface area contributed by atoms with Crippen molar-refractivity contribution in [2.45, 2.75) is 52.4 Å². The van der Waals surface area contributed by atoms with Crippen molar-refractivity contribution in [3.05, 3.63) is 48.2 Å². The molecule has 2 aromatic rings. The molecule has 1 amide bonds. The summed E-state index contributed by atoms with van der Waals surface area (Å²) in [5, 5.41) is 0.875. The molecule has 33 heavy (non-hydrogen) atoms. The lowest BCUT2D eigenvalue weighted by Gasteiger charge is -2.26. The summed E-state index contributed by atoms with van der Waals surface area (Å²) in [5.74, 6) is -0.205. The fourth-order valence-corrected chi connectivity index (χ4v) is 2.40. The number of hydrogen-bond donors (Lipinski definition) is 0. The molecule has 180 valence electrons. The van der Waals surface area contributed by atoms with Crippen LogP contribution in [-0.2, 0) is 20.5 Å². The first-order valence-corrected chi connectivity index (χ1v) is 10.2. The van der Waals surface area contributed by atoms with E-state index in [0.29, 0.717) is 24.1 Å². The summed E-state index contributed by atoms with van der Waals surface area (Å²) >= 11 is 0. The van der Waals surface area contributed by atoms with E-state index in [-0.39, 0.29) is 12.5 Å². The maximum Gasteiger partial charge on any atom is 0.443 e. The minimum Gasteiger partial charge on any atom is -0.479 e. The van der Waals surface area contributed by atoms with E-state index >= 15 is 0 Å². The molecule has 11 heteroatoms. The minimum absolute atomic E-state index is 0.0160. The smallest absolute Gasteiger partial charge is 0.443 e. The van der Waals surface area contributed by atoms with Crippen LogP contribution in [-0.4, -0.2) is 40.9 Å². The molecule has 0 fully saturated rings. The van der Waals surface area contributed by atoms with Crippen LogP contribution >= 0.6 is 0 Å². The van der Waals surface area contributed by atoms with E-state index in [1.54, 1.807) is 13.8 Å². The minimum atomic E-state index is -4.48. The summed E-state index contributed by atoms with van der Waals surface area (Å²) in [6.07, 6.45) is -5.08. The third-order valence-corrected chi connectivity index (χ3v) is 4.38. The van der Waals surface area contributed by atoms with Gasteiger partial charge in [0.2, 0.25) is 5.88 Å². The number of rotatable bonds is 8. The molecule has 2 atom stereocenters. The molecule has 2 unspecified atom stereocenters. The van der Waals surface area contributed by atoms with Crippen LogP contribution < -0.4 is 9.47 Å². The second-order valence-electron chi connectivity index (χ2n) is 6.91. The normalized spacial score (nSPS) is 12.9. The highest BCUT2D eigenvalue weighted by Crippen LogP contribution is 2.30. The lowest BCUT2D eigenvalue weighted by atomic mass is 10.3. The van der Waals surface area contributed by atoms with Crippen LogP contribution in [0.3, 0.4) is 0 Å². The molecule has 0 aliphatic carbocycles. The van der Waals surface area contributed by atoms with Gasteiger partial charge in [0.1, 0.15) is 11.5 Å². The van der Waals surface area contributed by atoms with Crippen LogP contribution in [0.1, 0.15) is 39.7 Å². The Kier molecular flexibility index (Phi) is 8.89. The van der Waals surface area contributed by atoms with Crippen LogP contribution in [0.25, 0.3) is 0 Å². The second-order valence-corrected chi connectivity index (χ2v) is 6.91. The lowest BCUT2D eigenvalue weighted by Crippen LogP contribution is -2.43. The predicted octanol–water partition coefficient (Wildman–Crippen LogP) is 5.38. The lowest BCUT2D eigenvalue weighted by molar-refractivity contribution is -0.196. The summed E-state index contributed by atoms with van der Waals surface area (Å²) in [4.78, 5) is 33.2. The van der Waals surface area contributed by atoms with Crippen molar-refractivity contribution in [2.75, 3.05) is 6.61 Å². The topological polar surface area (TPSA) is 87.2 Å². The number of ether oxygens (including phenoxy) is 3. The van der Waals surface area contributed by atoms with Crippen LogP contribution in [0.5, 0.6) is 17.4 Å². The number of hydroxylamine groups is 2. The maximum atomic E-state index is 12.6. The molecule has 8 nitrogen and oxygen atoms in total. The Morgan fingerprint density at radius 3 is 2.18 bits per heavy atom. The first kappa shape index (κ1) is 25.8. The van der Waals surface area contributed by atoms with Crippen LogP contribution in [0.15, 0.2) is 42.6 Å².